The highest BCUT2D eigenvalue weighted by atomic mass is 16.5. The summed E-state index contributed by atoms with van der Waals surface area (Å²) in [6.45, 7) is 0. The minimum Gasteiger partial charge on any atom is -0.497 e. The minimum atomic E-state index is -0.543. The fourth-order valence-electron chi connectivity index (χ4n) is 3.66. The van der Waals surface area contributed by atoms with E-state index in [1.807, 2.05) is 24.3 Å². The number of carbonyl (C=O) groups is 1. The molecule has 134 valence electrons. The molecule has 0 spiro atoms. The molecule has 2 aromatic carbocycles. The van der Waals surface area contributed by atoms with Gasteiger partial charge >= 0.3 is 0 Å². The number of hydrogen-bond acceptors (Lipinski definition) is 4. The monoisotopic (exact) mass is 350 g/mol. The van der Waals surface area contributed by atoms with Crippen molar-refractivity contribution in [2.24, 2.45) is 0 Å². The number of anilines is 1. The van der Waals surface area contributed by atoms with E-state index in [9.17, 15) is 10.1 Å². The van der Waals surface area contributed by atoms with Gasteiger partial charge in [-0.25, -0.2) is 0 Å². The summed E-state index contributed by atoms with van der Waals surface area (Å²) in [7, 11) is 3.15. The van der Waals surface area contributed by atoms with Gasteiger partial charge in [-0.1, -0.05) is 25.0 Å². The Morgan fingerprint density at radius 1 is 1.08 bits per heavy atom. The van der Waals surface area contributed by atoms with Crippen molar-refractivity contribution in [1.82, 2.24) is 0 Å². The van der Waals surface area contributed by atoms with Gasteiger partial charge in [0.15, 0.2) is 0 Å². The molecular formula is C21H22N2O3. The summed E-state index contributed by atoms with van der Waals surface area (Å²) in [4.78, 5) is 13.2. The first-order chi connectivity index (χ1) is 12.6. The number of benzene rings is 2. The zero-order chi connectivity index (χ0) is 18.6. The van der Waals surface area contributed by atoms with Gasteiger partial charge in [-0.2, -0.15) is 5.26 Å². The van der Waals surface area contributed by atoms with Crippen LogP contribution in [-0.4, -0.2) is 20.1 Å². The second-order valence-corrected chi connectivity index (χ2v) is 6.50. The van der Waals surface area contributed by atoms with Crippen LogP contribution in [-0.2, 0) is 10.2 Å². The Morgan fingerprint density at radius 2 is 1.77 bits per heavy atom. The van der Waals surface area contributed by atoms with E-state index in [0.29, 0.717) is 17.0 Å². The Labute approximate surface area is 153 Å². The average Bonchev–Trinajstić information content (AvgIpc) is 3.19. The van der Waals surface area contributed by atoms with Gasteiger partial charge in [-0.3, -0.25) is 4.79 Å². The van der Waals surface area contributed by atoms with Crippen LogP contribution in [0.1, 0.15) is 36.8 Å². The molecule has 0 saturated heterocycles. The number of nitriles is 1. The summed E-state index contributed by atoms with van der Waals surface area (Å²) in [5.41, 5.74) is 1.46. The van der Waals surface area contributed by atoms with Gasteiger partial charge in [0.2, 0.25) is 5.91 Å². The highest BCUT2D eigenvalue weighted by Crippen LogP contribution is 2.42. The number of carbonyl (C=O) groups excluding carboxylic acids is 1. The number of ether oxygens (including phenoxy) is 2. The maximum absolute atomic E-state index is 13.2. The zero-order valence-corrected chi connectivity index (χ0v) is 15.0. The highest BCUT2D eigenvalue weighted by molar-refractivity contribution is 5.99. The van der Waals surface area contributed by atoms with Crippen LogP contribution < -0.4 is 14.8 Å². The Bertz CT molecular complexity index is 831. The van der Waals surface area contributed by atoms with Gasteiger partial charge in [0.25, 0.3) is 0 Å². The molecule has 0 bridgehead atoms. The molecule has 2 aromatic rings. The molecule has 1 saturated carbocycles. The number of hydrogen-bond donors (Lipinski definition) is 1. The second kappa shape index (κ2) is 7.49. The smallest absolute Gasteiger partial charge is 0.235 e. The normalized spacial score (nSPS) is 15.1. The SMILES string of the molecule is COc1ccc(C2(C(=O)Nc3ccc(OC)c(C#N)c3)CCCC2)cc1. The Balaban J connectivity index is 1.89. The molecule has 0 aliphatic heterocycles. The van der Waals surface area contributed by atoms with Crippen molar-refractivity contribution in [1.29, 1.82) is 5.26 Å². The van der Waals surface area contributed by atoms with Gasteiger partial charge in [0, 0.05) is 5.69 Å². The lowest BCUT2D eigenvalue weighted by Crippen LogP contribution is -2.38. The summed E-state index contributed by atoms with van der Waals surface area (Å²) < 4.78 is 10.4. The number of nitrogens with zero attached hydrogens (tertiary/aromatic N) is 1. The first-order valence-corrected chi connectivity index (χ1v) is 8.67. The summed E-state index contributed by atoms with van der Waals surface area (Å²) in [6.07, 6.45) is 3.66. The molecule has 0 heterocycles. The van der Waals surface area contributed by atoms with Crippen LogP contribution in [0, 0.1) is 11.3 Å². The van der Waals surface area contributed by atoms with Gasteiger partial charge < -0.3 is 14.8 Å². The average molecular weight is 350 g/mol. The van der Waals surface area contributed by atoms with E-state index in [4.69, 9.17) is 9.47 Å². The molecule has 1 aliphatic carbocycles. The van der Waals surface area contributed by atoms with Gasteiger partial charge in [-0.05, 0) is 48.7 Å². The van der Waals surface area contributed by atoms with Crippen molar-refractivity contribution in [2.75, 3.05) is 19.5 Å². The number of rotatable bonds is 5. The Morgan fingerprint density at radius 3 is 2.35 bits per heavy atom. The zero-order valence-electron chi connectivity index (χ0n) is 15.0. The van der Waals surface area contributed by atoms with E-state index in [1.165, 1.54) is 7.11 Å². The lowest BCUT2D eigenvalue weighted by molar-refractivity contribution is -0.121. The van der Waals surface area contributed by atoms with Crippen molar-refractivity contribution in [3.05, 3.63) is 53.6 Å². The summed E-state index contributed by atoms with van der Waals surface area (Å²) in [5.74, 6) is 1.24. The topological polar surface area (TPSA) is 71.3 Å². The van der Waals surface area contributed by atoms with E-state index in [-0.39, 0.29) is 5.91 Å². The molecule has 0 unspecified atom stereocenters. The third-order valence-corrected chi connectivity index (χ3v) is 5.11. The summed E-state index contributed by atoms with van der Waals surface area (Å²) >= 11 is 0. The highest BCUT2D eigenvalue weighted by Gasteiger charge is 2.42. The second-order valence-electron chi connectivity index (χ2n) is 6.50. The molecule has 5 nitrogen and oxygen atoms in total. The molecule has 26 heavy (non-hydrogen) atoms. The predicted octanol–water partition coefficient (Wildman–Crippen LogP) is 4.03. The molecule has 3 rings (SSSR count). The lowest BCUT2D eigenvalue weighted by Gasteiger charge is -2.28. The first kappa shape index (κ1) is 17.8. The van der Waals surface area contributed by atoms with E-state index in [2.05, 4.69) is 11.4 Å². The molecule has 5 heteroatoms. The molecule has 0 radical (unpaired) electrons. The third-order valence-electron chi connectivity index (χ3n) is 5.11. The molecule has 1 fully saturated rings. The molecule has 1 amide bonds. The number of nitrogens with one attached hydrogen (secondary N) is 1. The molecule has 1 aliphatic rings. The predicted molar refractivity (Wildman–Crippen MR) is 99.5 cm³/mol. The largest absolute Gasteiger partial charge is 0.497 e. The fourth-order valence-corrected chi connectivity index (χ4v) is 3.66. The van der Waals surface area contributed by atoms with Crippen LogP contribution in [0.4, 0.5) is 5.69 Å². The van der Waals surface area contributed by atoms with Crippen LogP contribution >= 0.6 is 0 Å². The minimum absolute atomic E-state index is 0.0331. The van der Waals surface area contributed by atoms with Crippen LogP contribution in [0.3, 0.4) is 0 Å². The maximum Gasteiger partial charge on any atom is 0.235 e. The van der Waals surface area contributed by atoms with Crippen LogP contribution in [0.5, 0.6) is 11.5 Å². The van der Waals surface area contributed by atoms with E-state index in [0.717, 1.165) is 37.0 Å². The fraction of sp³-hybridized carbons (Fsp3) is 0.333. The quantitative estimate of drug-likeness (QED) is 0.884. The molecular weight excluding hydrogens is 328 g/mol. The maximum atomic E-state index is 13.2. The van der Waals surface area contributed by atoms with E-state index < -0.39 is 5.41 Å². The number of methoxy groups -OCH3 is 2. The van der Waals surface area contributed by atoms with Crippen LogP contribution in [0.15, 0.2) is 42.5 Å². The lowest BCUT2D eigenvalue weighted by atomic mass is 9.78. The van der Waals surface area contributed by atoms with Crippen LogP contribution in [0.2, 0.25) is 0 Å². The summed E-state index contributed by atoms with van der Waals surface area (Å²) in [5, 5.41) is 12.2. The Hall–Kier alpha value is -3.00. The Kier molecular flexibility index (Phi) is 5.13. The van der Waals surface area contributed by atoms with Crippen molar-refractivity contribution in [3.8, 4) is 17.6 Å². The molecule has 1 N–H and O–H groups in total. The van der Waals surface area contributed by atoms with E-state index >= 15 is 0 Å². The van der Waals surface area contributed by atoms with Gasteiger partial charge in [0.05, 0.1) is 25.2 Å². The van der Waals surface area contributed by atoms with Crippen molar-refractivity contribution in [2.45, 2.75) is 31.1 Å². The van der Waals surface area contributed by atoms with Crippen molar-refractivity contribution < 1.29 is 14.3 Å². The molecule has 0 atom stereocenters. The number of amides is 1. The third kappa shape index (κ3) is 3.23. The summed E-state index contributed by atoms with van der Waals surface area (Å²) in [6, 6.07) is 14.9. The standard InChI is InChI=1S/C21H22N2O3/c1-25-18-8-5-16(6-9-18)21(11-3-4-12-21)20(24)23-17-7-10-19(26-2)15(13-17)14-22/h5-10,13H,3-4,11-12H2,1-2H3,(H,23,24). The van der Waals surface area contributed by atoms with Gasteiger partial charge in [-0.15, -0.1) is 0 Å². The van der Waals surface area contributed by atoms with Gasteiger partial charge in [0.1, 0.15) is 17.6 Å². The van der Waals surface area contributed by atoms with E-state index in [1.54, 1.807) is 25.3 Å². The van der Waals surface area contributed by atoms with Crippen LogP contribution in [0.25, 0.3) is 0 Å². The van der Waals surface area contributed by atoms with Crippen molar-refractivity contribution >= 4 is 11.6 Å². The molecule has 0 aromatic heterocycles. The van der Waals surface area contributed by atoms with Crippen molar-refractivity contribution in [3.63, 3.8) is 0 Å². The first-order valence-electron chi connectivity index (χ1n) is 8.67.